The number of thioether (sulfide) groups is 1. The van der Waals surface area contributed by atoms with Crippen molar-refractivity contribution in [2.45, 2.75) is 36.4 Å². The topological polar surface area (TPSA) is 102 Å². The van der Waals surface area contributed by atoms with Crippen molar-refractivity contribution in [1.29, 1.82) is 0 Å². The van der Waals surface area contributed by atoms with Crippen molar-refractivity contribution in [3.8, 4) is 11.5 Å². The lowest BCUT2D eigenvalue weighted by Gasteiger charge is -2.23. The average Bonchev–Trinajstić information content (AvgIpc) is 3.58. The first-order valence-corrected chi connectivity index (χ1v) is 15.3. The molecule has 0 bridgehead atoms. The summed E-state index contributed by atoms with van der Waals surface area (Å²) in [7, 11) is 1.55. The monoisotopic (exact) mass is 601 g/mol. The SMILES string of the molecule is COc1ccc(/C(O)=C2\C(=O)C(=O)N(c3nnc(SCc4ccccc4)s3)C2c2cccc(OCCC(C)C)c2)cc1. The molecule has 10 heteroatoms. The van der Waals surface area contributed by atoms with Crippen LogP contribution in [0.25, 0.3) is 5.76 Å². The van der Waals surface area contributed by atoms with Gasteiger partial charge in [-0.3, -0.25) is 14.5 Å². The molecule has 1 aliphatic rings. The van der Waals surface area contributed by atoms with Crippen LogP contribution in [-0.2, 0) is 15.3 Å². The second kappa shape index (κ2) is 13.2. The molecule has 42 heavy (non-hydrogen) atoms. The number of hydrogen-bond acceptors (Lipinski definition) is 9. The number of methoxy groups -OCH3 is 1. The van der Waals surface area contributed by atoms with Crippen LogP contribution in [0, 0.1) is 5.92 Å². The minimum absolute atomic E-state index is 0.0295. The number of carbonyl (C=O) groups is 2. The molecule has 1 fully saturated rings. The van der Waals surface area contributed by atoms with Gasteiger partial charge in [-0.25, -0.2) is 0 Å². The number of amides is 1. The van der Waals surface area contributed by atoms with Crippen LogP contribution in [0.15, 0.2) is 88.8 Å². The predicted molar refractivity (Wildman–Crippen MR) is 165 cm³/mol. The third-order valence-electron chi connectivity index (χ3n) is 6.75. The summed E-state index contributed by atoms with van der Waals surface area (Å²) in [5, 5.41) is 20.3. The Morgan fingerprint density at radius 3 is 2.48 bits per heavy atom. The Morgan fingerprint density at radius 1 is 1.00 bits per heavy atom. The fourth-order valence-electron chi connectivity index (χ4n) is 4.51. The van der Waals surface area contributed by atoms with E-state index in [0.29, 0.717) is 45.2 Å². The Balaban J connectivity index is 1.53. The summed E-state index contributed by atoms with van der Waals surface area (Å²) in [5.74, 6) is 0.521. The smallest absolute Gasteiger partial charge is 0.301 e. The molecule has 0 spiro atoms. The van der Waals surface area contributed by atoms with Crippen molar-refractivity contribution in [2.75, 3.05) is 18.6 Å². The highest BCUT2D eigenvalue weighted by Gasteiger charge is 2.48. The minimum atomic E-state index is -0.930. The number of hydrogen-bond donors (Lipinski definition) is 1. The number of Topliss-reactive ketones (excluding diaryl/α,β-unsaturated/α-hetero) is 1. The van der Waals surface area contributed by atoms with Gasteiger partial charge in [-0.1, -0.05) is 79.4 Å². The van der Waals surface area contributed by atoms with Crippen LogP contribution in [0.3, 0.4) is 0 Å². The summed E-state index contributed by atoms with van der Waals surface area (Å²) in [6, 6.07) is 23.0. The normalized spacial score (nSPS) is 16.3. The number of aliphatic hydroxyl groups is 1. The number of ketones is 1. The Hall–Kier alpha value is -4.15. The molecule has 1 atom stereocenters. The lowest BCUT2D eigenvalue weighted by Crippen LogP contribution is -2.29. The Morgan fingerprint density at radius 2 is 1.76 bits per heavy atom. The third-order valence-corrected chi connectivity index (χ3v) is 8.88. The maximum Gasteiger partial charge on any atom is 0.301 e. The molecular weight excluding hydrogens is 571 g/mol. The highest BCUT2D eigenvalue weighted by Crippen LogP contribution is 2.44. The number of carbonyl (C=O) groups excluding carboxylic acids is 2. The maximum atomic E-state index is 13.6. The Labute approximate surface area is 253 Å². The van der Waals surface area contributed by atoms with Crippen LogP contribution < -0.4 is 14.4 Å². The number of anilines is 1. The highest BCUT2D eigenvalue weighted by atomic mass is 32.2. The molecule has 2 heterocycles. The van der Waals surface area contributed by atoms with E-state index < -0.39 is 17.7 Å². The summed E-state index contributed by atoms with van der Waals surface area (Å²) in [6.45, 7) is 4.79. The number of benzene rings is 3. The molecular formula is C32H31N3O5S2. The zero-order valence-electron chi connectivity index (χ0n) is 23.5. The average molecular weight is 602 g/mol. The summed E-state index contributed by atoms with van der Waals surface area (Å²) in [4.78, 5) is 28.4. The van der Waals surface area contributed by atoms with Crippen LogP contribution in [0.5, 0.6) is 11.5 Å². The number of rotatable bonds is 11. The van der Waals surface area contributed by atoms with Crippen molar-refractivity contribution in [1.82, 2.24) is 10.2 Å². The van der Waals surface area contributed by atoms with Gasteiger partial charge in [0.05, 0.1) is 25.3 Å². The first-order valence-electron chi connectivity index (χ1n) is 13.5. The van der Waals surface area contributed by atoms with Gasteiger partial charge < -0.3 is 14.6 Å². The lowest BCUT2D eigenvalue weighted by atomic mass is 9.95. The largest absolute Gasteiger partial charge is 0.507 e. The van der Waals surface area contributed by atoms with Gasteiger partial charge >= 0.3 is 5.91 Å². The van der Waals surface area contributed by atoms with Crippen molar-refractivity contribution < 1.29 is 24.2 Å². The van der Waals surface area contributed by atoms with Gasteiger partial charge in [-0.05, 0) is 59.9 Å². The summed E-state index contributed by atoms with van der Waals surface area (Å²) in [6.07, 6.45) is 0.883. The zero-order valence-corrected chi connectivity index (χ0v) is 25.2. The van der Waals surface area contributed by atoms with Gasteiger partial charge in [-0.15, -0.1) is 10.2 Å². The maximum absolute atomic E-state index is 13.6. The molecule has 3 aromatic carbocycles. The molecule has 1 amide bonds. The third kappa shape index (κ3) is 6.50. The molecule has 0 aliphatic carbocycles. The van der Waals surface area contributed by atoms with Crippen molar-refractivity contribution in [3.05, 3.63) is 101 Å². The van der Waals surface area contributed by atoms with E-state index in [4.69, 9.17) is 9.47 Å². The van der Waals surface area contributed by atoms with Gasteiger partial charge in [0, 0.05) is 11.3 Å². The van der Waals surface area contributed by atoms with E-state index in [1.165, 1.54) is 28.0 Å². The molecule has 0 radical (unpaired) electrons. The molecule has 1 saturated heterocycles. The molecule has 8 nitrogen and oxygen atoms in total. The van der Waals surface area contributed by atoms with Crippen LogP contribution in [0.4, 0.5) is 5.13 Å². The quantitative estimate of drug-likeness (QED) is 0.0652. The second-order valence-corrected chi connectivity index (χ2v) is 12.3. The fraction of sp³-hybridized carbons (Fsp3) is 0.250. The lowest BCUT2D eigenvalue weighted by molar-refractivity contribution is -0.132. The Kier molecular flexibility index (Phi) is 9.24. The molecule has 1 unspecified atom stereocenters. The van der Waals surface area contributed by atoms with Gasteiger partial charge in [0.1, 0.15) is 17.3 Å². The standard InChI is InChI=1S/C32H31N3O5S2/c1-20(2)16-17-40-25-11-7-10-23(18-25)27-26(28(36)22-12-14-24(39-3)15-13-22)29(37)30(38)35(27)31-33-34-32(42-31)41-19-21-8-5-4-6-9-21/h4-15,18,20,27,36H,16-17,19H2,1-3H3/b28-26+. The van der Waals surface area contributed by atoms with Gasteiger partial charge in [0.15, 0.2) is 4.34 Å². The van der Waals surface area contributed by atoms with Crippen LogP contribution in [-0.4, -0.2) is 40.7 Å². The van der Waals surface area contributed by atoms with Gasteiger partial charge in [0.25, 0.3) is 5.78 Å². The zero-order chi connectivity index (χ0) is 29.6. The second-order valence-electron chi connectivity index (χ2n) is 10.1. The minimum Gasteiger partial charge on any atom is -0.507 e. The van der Waals surface area contributed by atoms with E-state index in [2.05, 4.69) is 24.0 Å². The molecule has 5 rings (SSSR count). The van der Waals surface area contributed by atoms with Gasteiger partial charge in [0.2, 0.25) is 5.13 Å². The first kappa shape index (κ1) is 29.3. The summed E-state index contributed by atoms with van der Waals surface area (Å²) >= 11 is 2.73. The van der Waals surface area contributed by atoms with Crippen LogP contribution in [0.1, 0.15) is 43.0 Å². The van der Waals surface area contributed by atoms with E-state index in [9.17, 15) is 14.7 Å². The summed E-state index contributed by atoms with van der Waals surface area (Å²) in [5.41, 5.74) is 2.10. The molecule has 4 aromatic rings. The van der Waals surface area contributed by atoms with Crippen molar-refractivity contribution in [2.24, 2.45) is 5.92 Å². The fourth-order valence-corrected chi connectivity index (χ4v) is 6.34. The Bertz CT molecular complexity index is 1590. The van der Waals surface area contributed by atoms with Crippen LogP contribution >= 0.6 is 23.1 Å². The molecule has 1 aliphatic heterocycles. The van der Waals surface area contributed by atoms with E-state index in [1.54, 1.807) is 37.4 Å². The van der Waals surface area contributed by atoms with Crippen molar-refractivity contribution >= 4 is 45.7 Å². The molecule has 1 N–H and O–H groups in total. The highest BCUT2D eigenvalue weighted by molar-refractivity contribution is 8.00. The number of ether oxygens (including phenoxy) is 2. The van der Waals surface area contributed by atoms with Crippen LogP contribution in [0.2, 0.25) is 0 Å². The van der Waals surface area contributed by atoms with E-state index in [0.717, 1.165) is 12.0 Å². The van der Waals surface area contributed by atoms with E-state index in [-0.39, 0.29) is 16.5 Å². The molecule has 0 saturated carbocycles. The number of aromatic nitrogens is 2. The van der Waals surface area contributed by atoms with E-state index >= 15 is 0 Å². The molecule has 216 valence electrons. The number of aliphatic hydroxyl groups excluding tert-OH is 1. The first-order chi connectivity index (χ1) is 20.4. The van der Waals surface area contributed by atoms with E-state index in [1.807, 2.05) is 48.5 Å². The van der Waals surface area contributed by atoms with Gasteiger partial charge in [-0.2, -0.15) is 0 Å². The number of nitrogens with zero attached hydrogens (tertiary/aromatic N) is 3. The summed E-state index contributed by atoms with van der Waals surface area (Å²) < 4.78 is 11.9. The molecule has 1 aromatic heterocycles. The predicted octanol–water partition coefficient (Wildman–Crippen LogP) is 6.89. The van der Waals surface area contributed by atoms with Crippen molar-refractivity contribution in [3.63, 3.8) is 0 Å².